The fourth-order valence-corrected chi connectivity index (χ4v) is 1.09. The molecular weight excluding hydrogens is 170 g/mol. The van der Waals surface area contributed by atoms with E-state index in [1.807, 2.05) is 6.07 Å². The van der Waals surface area contributed by atoms with Gasteiger partial charge >= 0.3 is 5.69 Å². The highest BCUT2D eigenvalue weighted by Crippen LogP contribution is 2.01. The molecule has 0 aliphatic heterocycles. The molecule has 0 saturated carbocycles. The van der Waals surface area contributed by atoms with Gasteiger partial charge in [-0.25, -0.2) is 4.79 Å². The normalized spacial score (nSPS) is 10.2. The van der Waals surface area contributed by atoms with Gasteiger partial charge in [-0.1, -0.05) is 18.2 Å². The Labute approximate surface area is 73.4 Å². The second-order valence-electron chi connectivity index (χ2n) is 2.49. The van der Waals surface area contributed by atoms with E-state index in [0.717, 1.165) is 11.0 Å². The molecule has 1 aromatic heterocycles. The number of benzene rings is 1. The van der Waals surface area contributed by atoms with Crippen molar-refractivity contribution in [2.45, 2.75) is 0 Å². The van der Waals surface area contributed by atoms with Crippen molar-refractivity contribution >= 4 is 0 Å². The van der Waals surface area contributed by atoms with Gasteiger partial charge in [0, 0.05) is 0 Å². The molecule has 0 radical (unpaired) electrons. The minimum absolute atomic E-state index is 0.506. The first kappa shape index (κ1) is 7.60. The summed E-state index contributed by atoms with van der Waals surface area (Å²) >= 11 is 0. The topological polar surface area (TPSA) is 60.1 Å². The van der Waals surface area contributed by atoms with Crippen LogP contribution in [0.15, 0.2) is 41.5 Å². The highest BCUT2D eigenvalue weighted by molar-refractivity contribution is 5.29. The van der Waals surface area contributed by atoms with Crippen LogP contribution in [-0.2, 0) is 0 Å². The molecule has 2 rings (SSSR count). The first-order chi connectivity index (χ1) is 6.29. The molecule has 0 unspecified atom stereocenters. The van der Waals surface area contributed by atoms with Gasteiger partial charge in [0.25, 0.3) is 0 Å². The van der Waals surface area contributed by atoms with E-state index in [1.165, 1.54) is 0 Å². The smallest absolute Gasteiger partial charge is 0.371 e. The van der Waals surface area contributed by atoms with Crippen molar-refractivity contribution in [2.75, 3.05) is 0 Å². The van der Waals surface area contributed by atoms with Crippen molar-refractivity contribution in [3.63, 3.8) is 0 Å². The van der Waals surface area contributed by atoms with Crippen LogP contribution in [0.1, 0.15) is 0 Å². The molecule has 5 heteroatoms. The predicted octanol–water partition coefficient (Wildman–Crippen LogP) is 0.271. The van der Waals surface area contributed by atoms with Crippen molar-refractivity contribution in [2.24, 2.45) is 0 Å². The Morgan fingerprint density at radius 1 is 1.23 bits per heavy atom. The zero-order chi connectivity index (χ0) is 9.26. The fraction of sp³-hybridized carbons (Fsp3) is 0. The average Bonchev–Trinajstić information content (AvgIpc) is 2.48. The van der Waals surface area contributed by atoms with E-state index in [0.29, 0.717) is 10.5 Å². The molecule has 0 fully saturated rings. The summed E-state index contributed by atoms with van der Waals surface area (Å²) in [6.07, 6.45) is 1.05. The van der Waals surface area contributed by atoms with Crippen molar-refractivity contribution in [3.8, 4) is 5.69 Å². The number of hydrogen-bond acceptors (Lipinski definition) is 3. The maximum atomic E-state index is 11.1. The molecule has 5 nitrogen and oxygen atoms in total. The van der Waals surface area contributed by atoms with E-state index in [9.17, 15) is 10.0 Å². The van der Waals surface area contributed by atoms with E-state index in [2.05, 4.69) is 4.98 Å². The number of aromatic nitrogens is 3. The quantitative estimate of drug-likeness (QED) is 0.636. The maximum absolute atomic E-state index is 11.1. The summed E-state index contributed by atoms with van der Waals surface area (Å²) in [7, 11) is 0. The van der Waals surface area contributed by atoms with Gasteiger partial charge in [-0.3, -0.25) is 0 Å². The highest BCUT2D eigenvalue weighted by atomic mass is 16.5. The van der Waals surface area contributed by atoms with E-state index < -0.39 is 5.69 Å². The van der Waals surface area contributed by atoms with Crippen molar-refractivity contribution in [1.29, 1.82) is 0 Å². The Morgan fingerprint density at radius 3 is 2.46 bits per heavy atom. The van der Waals surface area contributed by atoms with Gasteiger partial charge in [0.2, 0.25) is 0 Å². The fourth-order valence-electron chi connectivity index (χ4n) is 1.09. The molecule has 0 aliphatic carbocycles. The lowest BCUT2D eigenvalue weighted by Crippen LogP contribution is -2.20. The van der Waals surface area contributed by atoms with Gasteiger partial charge in [0.15, 0.2) is 6.33 Å². The Hall–Kier alpha value is -2.04. The summed E-state index contributed by atoms with van der Waals surface area (Å²) in [6.45, 7) is 0. The first-order valence-electron chi connectivity index (χ1n) is 3.70. The highest BCUT2D eigenvalue weighted by Gasteiger charge is 2.04. The zero-order valence-electron chi connectivity index (χ0n) is 6.66. The molecular formula is C8H7N3O2. The minimum atomic E-state index is -0.506. The molecule has 0 bridgehead atoms. The number of nitrogens with zero attached hydrogens (tertiary/aromatic N) is 3. The first-order valence-corrected chi connectivity index (χ1v) is 3.70. The number of hydrogen-bond donors (Lipinski definition) is 1. The van der Waals surface area contributed by atoms with Gasteiger partial charge in [-0.15, -0.1) is 4.85 Å². The third kappa shape index (κ3) is 1.20. The lowest BCUT2D eigenvalue weighted by Gasteiger charge is -2.02. The molecule has 0 aliphatic rings. The van der Waals surface area contributed by atoms with Crippen LogP contribution in [-0.4, -0.2) is 19.7 Å². The van der Waals surface area contributed by atoms with E-state index in [1.54, 1.807) is 24.3 Å². The van der Waals surface area contributed by atoms with Crippen LogP contribution in [0.2, 0.25) is 0 Å². The molecule has 2 aromatic rings. The summed E-state index contributed by atoms with van der Waals surface area (Å²) in [5.41, 5.74) is 0.0706. The second kappa shape index (κ2) is 2.78. The molecule has 1 aromatic carbocycles. The minimum Gasteiger partial charge on any atom is -0.411 e. The Kier molecular flexibility index (Phi) is 1.63. The van der Waals surface area contributed by atoms with Crippen LogP contribution in [0.5, 0.6) is 0 Å². The molecule has 0 saturated heterocycles. The van der Waals surface area contributed by atoms with Gasteiger partial charge in [0.05, 0.1) is 5.69 Å². The van der Waals surface area contributed by atoms with Crippen molar-refractivity contribution < 1.29 is 5.21 Å². The largest absolute Gasteiger partial charge is 0.411 e. The van der Waals surface area contributed by atoms with Crippen LogP contribution in [0, 0.1) is 0 Å². The molecule has 1 N–H and O–H groups in total. The maximum Gasteiger partial charge on any atom is 0.371 e. The van der Waals surface area contributed by atoms with E-state index >= 15 is 0 Å². The standard InChI is InChI=1S/C8H7N3O2/c12-8-9-6-10(13)11(8)7-4-2-1-3-5-7/h1-6,13H. The van der Waals surface area contributed by atoms with Crippen LogP contribution >= 0.6 is 0 Å². The lowest BCUT2D eigenvalue weighted by atomic mass is 10.3. The molecule has 0 spiro atoms. The van der Waals surface area contributed by atoms with Gasteiger partial charge in [0.1, 0.15) is 0 Å². The number of para-hydroxylation sites is 1. The summed E-state index contributed by atoms with van der Waals surface area (Å²) in [4.78, 5) is 15.2. The third-order valence-corrected chi connectivity index (χ3v) is 1.66. The molecule has 0 amide bonds. The van der Waals surface area contributed by atoms with Gasteiger partial charge in [-0.05, 0) is 12.1 Å². The Morgan fingerprint density at radius 2 is 1.92 bits per heavy atom. The monoisotopic (exact) mass is 177 g/mol. The Bertz CT molecular complexity index is 458. The number of rotatable bonds is 1. The summed E-state index contributed by atoms with van der Waals surface area (Å²) in [5, 5.41) is 9.20. The summed E-state index contributed by atoms with van der Waals surface area (Å²) in [5.74, 6) is 0. The zero-order valence-corrected chi connectivity index (χ0v) is 6.66. The molecule has 1 heterocycles. The van der Waals surface area contributed by atoms with Crippen LogP contribution in [0.25, 0.3) is 5.69 Å². The van der Waals surface area contributed by atoms with Gasteiger partial charge < -0.3 is 5.21 Å². The lowest BCUT2D eigenvalue weighted by molar-refractivity contribution is 0.126. The molecule has 0 atom stereocenters. The average molecular weight is 177 g/mol. The van der Waals surface area contributed by atoms with Crippen LogP contribution in [0.4, 0.5) is 0 Å². The molecule has 13 heavy (non-hydrogen) atoms. The second-order valence-corrected chi connectivity index (χ2v) is 2.49. The predicted molar refractivity (Wildman–Crippen MR) is 45.0 cm³/mol. The van der Waals surface area contributed by atoms with Gasteiger partial charge in [-0.2, -0.15) is 9.67 Å². The van der Waals surface area contributed by atoms with Crippen LogP contribution < -0.4 is 5.69 Å². The Balaban J connectivity index is 2.65. The SMILES string of the molecule is O=c1ncn(O)n1-c1ccccc1. The summed E-state index contributed by atoms with van der Waals surface area (Å²) < 4.78 is 1.06. The van der Waals surface area contributed by atoms with Crippen molar-refractivity contribution in [3.05, 3.63) is 47.1 Å². The van der Waals surface area contributed by atoms with Crippen LogP contribution in [0.3, 0.4) is 0 Å². The van der Waals surface area contributed by atoms with E-state index in [-0.39, 0.29) is 0 Å². The molecule has 66 valence electrons. The van der Waals surface area contributed by atoms with Crippen molar-refractivity contribution in [1.82, 2.24) is 14.5 Å². The summed E-state index contributed by atoms with van der Waals surface area (Å²) in [6, 6.07) is 8.78. The third-order valence-electron chi connectivity index (χ3n) is 1.66. The van der Waals surface area contributed by atoms with E-state index in [4.69, 9.17) is 0 Å².